The number of rotatable bonds is 24. The van der Waals surface area contributed by atoms with Crippen molar-refractivity contribution in [1.82, 2.24) is 63.8 Å². The van der Waals surface area contributed by atoms with Crippen LogP contribution >= 0.6 is 0 Å². The molecule has 3 aliphatic rings. The van der Waals surface area contributed by atoms with Gasteiger partial charge in [-0.2, -0.15) is 0 Å². The average molecular weight is 793 g/mol. The number of ether oxygens (including phenoxy) is 2. The van der Waals surface area contributed by atoms with Crippen molar-refractivity contribution in [2.24, 2.45) is 0 Å². The minimum atomic E-state index is -4.39. The van der Waals surface area contributed by atoms with Crippen molar-refractivity contribution in [3.05, 3.63) is 12.3 Å². The van der Waals surface area contributed by atoms with E-state index in [1.165, 1.54) is 0 Å². The summed E-state index contributed by atoms with van der Waals surface area (Å²) in [6.07, 6.45) is 0.751. The van der Waals surface area contributed by atoms with Gasteiger partial charge < -0.3 is 28.8 Å². The maximum Gasteiger partial charge on any atom is 1.00 e. The summed E-state index contributed by atoms with van der Waals surface area (Å²) in [4.78, 5) is 0. The van der Waals surface area contributed by atoms with E-state index in [4.69, 9.17) is 14.6 Å². The fraction of sp³-hybridized carbons (Fsp3) is 0.920. The first kappa shape index (κ1) is 49.8. The van der Waals surface area contributed by atoms with Gasteiger partial charge in [-0.25, -0.2) is 16.8 Å². The second-order valence-corrected chi connectivity index (χ2v) is 14.8. The predicted molar refractivity (Wildman–Crippen MR) is 175 cm³/mol. The summed E-state index contributed by atoms with van der Waals surface area (Å²) in [6.45, 7) is 5.00. The molecule has 2 aliphatic heterocycles. The zero-order valence-electron chi connectivity index (χ0n) is 29.4. The van der Waals surface area contributed by atoms with Crippen molar-refractivity contribution in [3.63, 3.8) is 0 Å². The molecule has 51 heavy (non-hydrogen) atoms. The van der Waals surface area contributed by atoms with Crippen LogP contribution in [0.5, 0.6) is 0 Å². The van der Waals surface area contributed by atoms with E-state index in [1.54, 1.807) is 0 Å². The molecule has 8 atom stereocenters. The van der Waals surface area contributed by atoms with Gasteiger partial charge in [0, 0.05) is 38.3 Å². The van der Waals surface area contributed by atoms with Crippen molar-refractivity contribution in [1.29, 1.82) is 0 Å². The molecule has 1 saturated carbocycles. The second-order valence-electron chi connectivity index (χ2n) is 11.8. The number of hydrogen-bond donors (Lipinski definition) is 14. The van der Waals surface area contributed by atoms with Gasteiger partial charge in [0.2, 0.25) is 0 Å². The van der Waals surface area contributed by atoms with E-state index >= 15 is 0 Å². The van der Waals surface area contributed by atoms with E-state index < -0.39 is 69.5 Å². The summed E-state index contributed by atoms with van der Waals surface area (Å²) in [5.41, 5.74) is 0. The molecule has 3 rings (SSSR count). The molecule has 0 bridgehead atoms. The van der Waals surface area contributed by atoms with Gasteiger partial charge in [-0.05, 0) is 19.3 Å². The van der Waals surface area contributed by atoms with Crippen molar-refractivity contribution >= 4 is 20.2 Å². The molecule has 2 saturated heterocycles. The average Bonchev–Trinajstić information content (AvgIpc) is 2.99. The second kappa shape index (κ2) is 26.6. The van der Waals surface area contributed by atoms with Gasteiger partial charge in [0.1, 0.15) is 50.1 Å². The first-order valence-corrected chi connectivity index (χ1v) is 19.5. The van der Waals surface area contributed by atoms with Crippen LogP contribution in [-0.2, 0) is 29.7 Å². The molecular weight excluding hydrogens is 738 g/mol. The molecule has 0 aromatic carbocycles. The van der Waals surface area contributed by atoms with Crippen LogP contribution in [0.4, 0.5) is 0 Å². The molecule has 0 radical (unpaired) electrons. The maximum absolute atomic E-state index is 11.1. The van der Waals surface area contributed by atoms with Gasteiger partial charge in [0.25, 0.3) is 0 Å². The van der Waals surface area contributed by atoms with Gasteiger partial charge >= 0.3 is 59.1 Å². The van der Waals surface area contributed by atoms with Crippen LogP contribution < -0.4 is 123 Å². The third kappa shape index (κ3) is 23.4. The van der Waals surface area contributed by atoms with E-state index in [1.807, 2.05) is 0 Å². The molecule has 22 nitrogen and oxygen atoms in total. The summed E-state index contributed by atoms with van der Waals surface area (Å²) in [6, 6.07) is 0.155. The molecule has 8 unspecified atom stereocenters. The van der Waals surface area contributed by atoms with Crippen LogP contribution in [0.3, 0.4) is 0 Å². The van der Waals surface area contributed by atoms with Gasteiger partial charge in [0.15, 0.2) is 0 Å². The van der Waals surface area contributed by atoms with Crippen LogP contribution in [0.25, 0.3) is 0 Å². The Morgan fingerprint density at radius 1 is 0.667 bits per heavy atom. The van der Waals surface area contributed by atoms with Crippen LogP contribution in [-0.4, -0.2) is 157 Å². The van der Waals surface area contributed by atoms with Gasteiger partial charge in [-0.3, -0.25) is 63.8 Å². The topological polar surface area (TPSA) is 318 Å². The smallest absolute Gasteiger partial charge is 0.748 e. The normalized spacial score (nSPS) is 28.8. The zero-order valence-corrected chi connectivity index (χ0v) is 35.0. The SMILES string of the molecule is C=C(O)COCCNC1NC(NCCS(=O)(=O)[O-])NC(NC2CCCC(NC3NC(NCCOCCO)NC(NCCS(=O)(=O)[O-])N3)C2)N1.[Na+].[Na+]. The number of aliphatic hydroxyl groups excluding tert-OH is 2. The van der Waals surface area contributed by atoms with Crippen LogP contribution in [0.15, 0.2) is 12.3 Å². The van der Waals surface area contributed by atoms with Gasteiger partial charge in [-0.15, -0.1) is 0 Å². The van der Waals surface area contributed by atoms with E-state index in [9.17, 15) is 31.0 Å². The minimum absolute atomic E-state index is 0. The Labute approximate surface area is 344 Å². The number of aliphatic hydroxyl groups is 2. The molecule has 1 aliphatic carbocycles. The predicted octanol–water partition coefficient (Wildman–Crippen LogP) is -12.7. The molecule has 3 fully saturated rings. The van der Waals surface area contributed by atoms with Crippen LogP contribution in [0, 0.1) is 0 Å². The summed E-state index contributed by atoms with van der Waals surface area (Å²) < 4.78 is 77.2. The summed E-state index contributed by atoms with van der Waals surface area (Å²) >= 11 is 0. The van der Waals surface area contributed by atoms with E-state index in [-0.39, 0.29) is 110 Å². The van der Waals surface area contributed by atoms with E-state index in [0.29, 0.717) is 26.3 Å². The third-order valence-electron chi connectivity index (χ3n) is 7.57. The molecule has 0 aromatic heterocycles. The molecule has 0 spiro atoms. The summed E-state index contributed by atoms with van der Waals surface area (Å²) in [7, 11) is -8.76. The van der Waals surface area contributed by atoms with E-state index in [0.717, 1.165) is 25.7 Å². The summed E-state index contributed by atoms with van der Waals surface area (Å²) in [5.74, 6) is -1.20. The van der Waals surface area contributed by atoms with Crippen LogP contribution in [0.1, 0.15) is 25.7 Å². The zero-order chi connectivity index (χ0) is 35.7. The monoisotopic (exact) mass is 792 g/mol. The first-order valence-electron chi connectivity index (χ1n) is 16.3. The van der Waals surface area contributed by atoms with Crippen molar-refractivity contribution < 1.29 is 105 Å². The Morgan fingerprint density at radius 3 is 1.45 bits per heavy atom. The van der Waals surface area contributed by atoms with E-state index in [2.05, 4.69) is 70.4 Å². The third-order valence-corrected chi connectivity index (χ3v) is 8.98. The molecule has 0 aromatic rings. The quantitative estimate of drug-likeness (QED) is 0.0187. The largest absolute Gasteiger partial charge is 1.00 e. The first-order chi connectivity index (χ1) is 23.3. The molecule has 14 N–H and O–H groups in total. The Bertz CT molecular complexity index is 1190. The number of nitrogens with one attached hydrogen (secondary N) is 12. The molecule has 26 heteroatoms. The maximum atomic E-state index is 11.1. The summed E-state index contributed by atoms with van der Waals surface area (Å²) in [5, 5.41) is 57.5. The Balaban J connectivity index is 0.00000650. The van der Waals surface area contributed by atoms with Crippen LogP contribution in [0.2, 0.25) is 0 Å². The molecular formula is C25H54N12Na2O10S2. The Kier molecular flexibility index (Phi) is 25.9. The fourth-order valence-corrected chi connectivity index (χ4v) is 6.22. The Hall–Kier alpha value is 0.760. The van der Waals surface area contributed by atoms with Gasteiger partial charge in [0.05, 0.1) is 58.2 Å². The van der Waals surface area contributed by atoms with Crippen molar-refractivity contribution in [3.8, 4) is 0 Å². The van der Waals surface area contributed by atoms with Crippen molar-refractivity contribution in [2.45, 2.75) is 75.5 Å². The number of hydrogen-bond acceptors (Lipinski definition) is 22. The molecule has 288 valence electrons. The molecule has 2 heterocycles. The molecule has 0 amide bonds. The minimum Gasteiger partial charge on any atom is -0.748 e. The van der Waals surface area contributed by atoms with Crippen molar-refractivity contribution in [2.75, 3.05) is 70.7 Å². The fourth-order valence-electron chi connectivity index (χ4n) is 5.48. The standard InChI is InChI=1S/C25H56N12O10S2.2Na/c1-17(39)16-47-11-6-27-21-33-23(29-8-14-49(43,44)45)37-25(35-21)31-19-4-2-3-18(15-19)30-24-34-20(26-5-10-46-12-9-38)32-22(36-24)28-7-13-48(40,41)42;;/h18-39H,1-16H2,(H,40,41,42)(H,43,44,45);;/q;2*+1/p-2. The van der Waals surface area contributed by atoms with Gasteiger partial charge in [-0.1, -0.05) is 13.0 Å². The Morgan fingerprint density at radius 2 is 1.06 bits per heavy atom.